The number of hydrogen-bond acceptors (Lipinski definition) is 3. The Morgan fingerprint density at radius 2 is 1.94 bits per heavy atom. The van der Waals surface area contributed by atoms with E-state index in [1.165, 1.54) is 16.7 Å². The molecule has 1 aromatic rings. The van der Waals surface area contributed by atoms with Crippen LogP contribution in [0.4, 0.5) is 0 Å². The molecular formula is C15H27N3. The first-order valence-corrected chi connectivity index (χ1v) is 6.61. The van der Waals surface area contributed by atoms with Crippen molar-refractivity contribution in [2.24, 2.45) is 11.5 Å². The molecule has 0 aliphatic rings. The summed E-state index contributed by atoms with van der Waals surface area (Å²) in [4.78, 5) is 0. The van der Waals surface area contributed by atoms with Gasteiger partial charge in [0.15, 0.2) is 0 Å². The van der Waals surface area contributed by atoms with Crippen molar-refractivity contribution in [1.29, 1.82) is 0 Å². The molecule has 0 aliphatic carbocycles. The van der Waals surface area contributed by atoms with Crippen LogP contribution < -0.4 is 16.8 Å². The zero-order valence-corrected chi connectivity index (χ0v) is 12.1. The Kier molecular flexibility index (Phi) is 5.32. The van der Waals surface area contributed by atoms with Crippen molar-refractivity contribution in [2.75, 3.05) is 19.6 Å². The highest BCUT2D eigenvalue weighted by atomic mass is 14.9. The normalized spacial score (nSPS) is 13.7. The van der Waals surface area contributed by atoms with Crippen LogP contribution in [0.15, 0.2) is 18.2 Å². The first kappa shape index (κ1) is 15.2. The summed E-state index contributed by atoms with van der Waals surface area (Å²) in [6.45, 7) is 11.0. The molecule has 0 saturated carbocycles. The summed E-state index contributed by atoms with van der Waals surface area (Å²) >= 11 is 0. The van der Waals surface area contributed by atoms with Crippen LogP contribution in [0.25, 0.3) is 0 Å². The molecule has 1 aromatic carbocycles. The lowest BCUT2D eigenvalue weighted by Crippen LogP contribution is -2.43. The van der Waals surface area contributed by atoms with Crippen molar-refractivity contribution in [3.63, 3.8) is 0 Å². The van der Waals surface area contributed by atoms with Crippen LogP contribution in [0.2, 0.25) is 0 Å². The number of rotatable bonds is 6. The Morgan fingerprint density at radius 3 is 2.56 bits per heavy atom. The fraction of sp³-hybridized carbons (Fsp3) is 0.600. The topological polar surface area (TPSA) is 64.1 Å². The van der Waals surface area contributed by atoms with Crippen molar-refractivity contribution < 1.29 is 0 Å². The maximum Gasteiger partial charge on any atom is 0.0290 e. The van der Waals surface area contributed by atoms with Gasteiger partial charge in [-0.15, -0.1) is 0 Å². The fourth-order valence-corrected chi connectivity index (χ4v) is 2.21. The molecule has 5 N–H and O–H groups in total. The molecule has 0 aromatic heterocycles. The highest BCUT2D eigenvalue weighted by molar-refractivity contribution is 5.36. The zero-order chi connectivity index (χ0) is 13.8. The van der Waals surface area contributed by atoms with E-state index < -0.39 is 0 Å². The Labute approximate surface area is 111 Å². The fourth-order valence-electron chi connectivity index (χ4n) is 2.21. The smallest absolute Gasteiger partial charge is 0.0290 e. The number of aryl methyl sites for hydroxylation is 2. The van der Waals surface area contributed by atoms with E-state index in [-0.39, 0.29) is 11.5 Å². The van der Waals surface area contributed by atoms with Gasteiger partial charge in [0.2, 0.25) is 0 Å². The van der Waals surface area contributed by atoms with E-state index in [9.17, 15) is 0 Å². The molecular weight excluding hydrogens is 222 g/mol. The molecule has 0 spiro atoms. The van der Waals surface area contributed by atoms with Crippen LogP contribution in [-0.2, 0) is 5.41 Å². The highest BCUT2D eigenvalue weighted by Crippen LogP contribution is 2.26. The predicted molar refractivity (Wildman–Crippen MR) is 78.8 cm³/mol. The summed E-state index contributed by atoms with van der Waals surface area (Å²) < 4.78 is 0. The van der Waals surface area contributed by atoms with E-state index in [0.717, 1.165) is 13.1 Å². The van der Waals surface area contributed by atoms with Crippen LogP contribution in [0.1, 0.15) is 30.5 Å². The summed E-state index contributed by atoms with van der Waals surface area (Å²) in [6.07, 6.45) is 0. The molecule has 1 rings (SSSR count). The molecule has 1 unspecified atom stereocenters. The van der Waals surface area contributed by atoms with E-state index in [4.69, 9.17) is 11.5 Å². The lowest BCUT2D eigenvalue weighted by atomic mass is 9.81. The maximum atomic E-state index is 5.81. The molecule has 102 valence electrons. The summed E-state index contributed by atoms with van der Waals surface area (Å²) in [5.41, 5.74) is 15.5. The van der Waals surface area contributed by atoms with Crippen molar-refractivity contribution in [2.45, 2.75) is 39.2 Å². The van der Waals surface area contributed by atoms with E-state index in [1.54, 1.807) is 0 Å². The lowest BCUT2D eigenvalue weighted by molar-refractivity contribution is 0.452. The minimum absolute atomic E-state index is 0.0411. The Balaban J connectivity index is 2.70. The van der Waals surface area contributed by atoms with Gasteiger partial charge < -0.3 is 16.8 Å². The molecule has 3 nitrogen and oxygen atoms in total. The second-order valence-electron chi connectivity index (χ2n) is 5.83. The van der Waals surface area contributed by atoms with E-state index in [2.05, 4.69) is 51.2 Å². The van der Waals surface area contributed by atoms with Gasteiger partial charge in [-0.1, -0.05) is 37.6 Å². The Morgan fingerprint density at radius 1 is 1.28 bits per heavy atom. The number of nitrogens with one attached hydrogen (secondary N) is 1. The van der Waals surface area contributed by atoms with Gasteiger partial charge >= 0.3 is 0 Å². The van der Waals surface area contributed by atoms with Crippen molar-refractivity contribution >= 4 is 0 Å². The molecule has 0 aliphatic heterocycles. The molecule has 1 atom stereocenters. The van der Waals surface area contributed by atoms with E-state index >= 15 is 0 Å². The Bertz CT molecular complexity index is 385. The third kappa shape index (κ3) is 4.09. The molecule has 0 bridgehead atoms. The second kappa shape index (κ2) is 6.32. The predicted octanol–water partition coefficient (Wildman–Crippen LogP) is 1.46. The van der Waals surface area contributed by atoms with Crippen LogP contribution in [0, 0.1) is 13.8 Å². The monoisotopic (exact) mass is 249 g/mol. The Hall–Kier alpha value is -0.900. The first-order chi connectivity index (χ1) is 8.36. The van der Waals surface area contributed by atoms with Gasteiger partial charge in [0.1, 0.15) is 0 Å². The second-order valence-corrected chi connectivity index (χ2v) is 5.83. The maximum absolute atomic E-state index is 5.81. The van der Waals surface area contributed by atoms with Crippen LogP contribution >= 0.6 is 0 Å². The van der Waals surface area contributed by atoms with E-state index in [0.29, 0.717) is 6.54 Å². The number of hydrogen-bond donors (Lipinski definition) is 3. The zero-order valence-electron chi connectivity index (χ0n) is 12.1. The van der Waals surface area contributed by atoms with Gasteiger partial charge in [-0.25, -0.2) is 0 Å². The van der Waals surface area contributed by atoms with Gasteiger partial charge in [-0.05, 0) is 25.0 Å². The largest absolute Gasteiger partial charge is 0.329 e. The summed E-state index contributed by atoms with van der Waals surface area (Å²) in [5, 5.41) is 3.42. The van der Waals surface area contributed by atoms with Crippen LogP contribution in [0.3, 0.4) is 0 Å². The average Bonchev–Trinajstić information content (AvgIpc) is 2.31. The molecule has 18 heavy (non-hydrogen) atoms. The standard InChI is InChI=1S/C15H27N3/c1-11-5-6-12(2)14(7-11)15(3,4)10-18-9-13(17)8-16/h5-7,13,18H,8-10,16-17H2,1-4H3. The average molecular weight is 249 g/mol. The van der Waals surface area contributed by atoms with Crippen LogP contribution in [-0.4, -0.2) is 25.7 Å². The molecule has 0 amide bonds. The van der Waals surface area contributed by atoms with Crippen LogP contribution in [0.5, 0.6) is 0 Å². The van der Waals surface area contributed by atoms with Crippen molar-refractivity contribution in [1.82, 2.24) is 5.32 Å². The van der Waals surface area contributed by atoms with Gasteiger partial charge in [0.05, 0.1) is 0 Å². The third-order valence-corrected chi connectivity index (χ3v) is 3.40. The van der Waals surface area contributed by atoms with Gasteiger partial charge in [-0.2, -0.15) is 0 Å². The lowest BCUT2D eigenvalue weighted by Gasteiger charge is -2.28. The SMILES string of the molecule is Cc1ccc(C)c(C(C)(C)CNCC(N)CN)c1. The van der Waals surface area contributed by atoms with Gasteiger partial charge in [0, 0.05) is 31.1 Å². The first-order valence-electron chi connectivity index (χ1n) is 6.61. The molecule has 0 fully saturated rings. The number of benzene rings is 1. The van der Waals surface area contributed by atoms with E-state index in [1.807, 2.05) is 0 Å². The number of nitrogens with two attached hydrogens (primary N) is 2. The molecule has 0 saturated heterocycles. The van der Waals surface area contributed by atoms with Crippen molar-refractivity contribution in [3.8, 4) is 0 Å². The van der Waals surface area contributed by atoms with Gasteiger partial charge in [0.25, 0.3) is 0 Å². The molecule has 3 heteroatoms. The van der Waals surface area contributed by atoms with Crippen molar-refractivity contribution in [3.05, 3.63) is 34.9 Å². The quantitative estimate of drug-likeness (QED) is 0.715. The molecule has 0 radical (unpaired) electrons. The minimum Gasteiger partial charge on any atom is -0.329 e. The highest BCUT2D eigenvalue weighted by Gasteiger charge is 2.22. The molecule has 0 heterocycles. The minimum atomic E-state index is 0.0411. The summed E-state index contributed by atoms with van der Waals surface area (Å²) in [5.74, 6) is 0. The van der Waals surface area contributed by atoms with Gasteiger partial charge in [-0.3, -0.25) is 0 Å². The summed E-state index contributed by atoms with van der Waals surface area (Å²) in [6, 6.07) is 6.67. The summed E-state index contributed by atoms with van der Waals surface area (Å²) in [7, 11) is 0. The third-order valence-electron chi connectivity index (χ3n) is 3.40.